The Bertz CT molecular complexity index is 192. The first-order chi connectivity index (χ1) is 6.94. The van der Waals surface area contributed by atoms with E-state index in [-0.39, 0.29) is 6.10 Å². The summed E-state index contributed by atoms with van der Waals surface area (Å²) in [4.78, 5) is 0. The Kier molecular flexibility index (Phi) is 4.56. The van der Waals surface area contributed by atoms with Crippen molar-refractivity contribution in [2.24, 2.45) is 5.92 Å². The highest BCUT2D eigenvalue weighted by Gasteiger charge is 2.32. The van der Waals surface area contributed by atoms with Gasteiger partial charge in [-0.2, -0.15) is 0 Å². The molecule has 15 heavy (non-hydrogen) atoms. The number of hydrogen-bond acceptors (Lipinski definition) is 3. The largest absolute Gasteiger partial charge is 0.348 e. The van der Waals surface area contributed by atoms with Crippen molar-refractivity contribution in [2.75, 3.05) is 13.2 Å². The second-order valence-electron chi connectivity index (χ2n) is 5.12. The standard InChI is InChI=1S/C12H25NO2/c1-6-11(9(2)3)13-7-10-8-14-12(4,5)15-10/h9-11,13H,6-8H2,1-5H3. The highest BCUT2D eigenvalue weighted by atomic mass is 16.7. The minimum absolute atomic E-state index is 0.202. The number of nitrogens with one attached hydrogen (secondary N) is 1. The summed E-state index contributed by atoms with van der Waals surface area (Å²) in [5.41, 5.74) is 0. The highest BCUT2D eigenvalue weighted by Crippen LogP contribution is 2.22. The Morgan fingerprint density at radius 3 is 2.47 bits per heavy atom. The summed E-state index contributed by atoms with van der Waals surface area (Å²) < 4.78 is 11.3. The molecule has 2 unspecified atom stereocenters. The molecular weight excluding hydrogens is 190 g/mol. The third-order valence-corrected chi connectivity index (χ3v) is 2.92. The van der Waals surface area contributed by atoms with Crippen LogP contribution in [0.4, 0.5) is 0 Å². The first-order valence-corrected chi connectivity index (χ1v) is 5.99. The lowest BCUT2D eigenvalue weighted by Gasteiger charge is -2.23. The maximum atomic E-state index is 5.74. The van der Waals surface area contributed by atoms with Crippen LogP contribution in [0, 0.1) is 5.92 Å². The summed E-state index contributed by atoms with van der Waals surface area (Å²) in [6, 6.07) is 0.581. The molecule has 0 aromatic carbocycles. The van der Waals surface area contributed by atoms with Gasteiger partial charge >= 0.3 is 0 Å². The van der Waals surface area contributed by atoms with Gasteiger partial charge in [0.2, 0.25) is 0 Å². The molecule has 0 aromatic rings. The summed E-state index contributed by atoms with van der Waals surface area (Å²) in [7, 11) is 0. The molecule has 0 saturated carbocycles. The van der Waals surface area contributed by atoms with Gasteiger partial charge < -0.3 is 14.8 Å². The summed E-state index contributed by atoms with van der Waals surface area (Å²) in [5, 5.41) is 3.54. The summed E-state index contributed by atoms with van der Waals surface area (Å²) in [5.74, 6) is 0.275. The average Bonchev–Trinajstić information content (AvgIpc) is 2.46. The van der Waals surface area contributed by atoms with Gasteiger partial charge in [0, 0.05) is 12.6 Å². The highest BCUT2D eigenvalue weighted by molar-refractivity contribution is 4.76. The van der Waals surface area contributed by atoms with Crippen LogP contribution >= 0.6 is 0 Å². The van der Waals surface area contributed by atoms with Crippen molar-refractivity contribution in [1.82, 2.24) is 5.32 Å². The van der Waals surface area contributed by atoms with E-state index < -0.39 is 5.79 Å². The zero-order valence-electron chi connectivity index (χ0n) is 10.7. The van der Waals surface area contributed by atoms with Crippen LogP contribution < -0.4 is 5.32 Å². The minimum atomic E-state index is -0.397. The molecule has 3 nitrogen and oxygen atoms in total. The van der Waals surface area contributed by atoms with Crippen LogP contribution in [-0.2, 0) is 9.47 Å². The number of rotatable bonds is 5. The summed E-state index contributed by atoms with van der Waals surface area (Å²) in [6.07, 6.45) is 1.36. The van der Waals surface area contributed by atoms with Gasteiger partial charge in [-0.1, -0.05) is 20.8 Å². The fourth-order valence-corrected chi connectivity index (χ4v) is 2.00. The summed E-state index contributed by atoms with van der Waals surface area (Å²) in [6.45, 7) is 12.2. The van der Waals surface area contributed by atoms with E-state index >= 15 is 0 Å². The SMILES string of the molecule is CCC(NCC1COC(C)(C)O1)C(C)C. The number of ether oxygens (including phenoxy) is 2. The van der Waals surface area contributed by atoms with Crippen LogP contribution in [0.25, 0.3) is 0 Å². The van der Waals surface area contributed by atoms with E-state index in [1.807, 2.05) is 13.8 Å². The fourth-order valence-electron chi connectivity index (χ4n) is 2.00. The molecule has 1 fully saturated rings. The molecule has 0 aliphatic carbocycles. The van der Waals surface area contributed by atoms with Crippen molar-refractivity contribution in [3.05, 3.63) is 0 Å². The maximum Gasteiger partial charge on any atom is 0.163 e. The normalized spacial score (nSPS) is 27.2. The lowest BCUT2D eigenvalue weighted by Crippen LogP contribution is -2.39. The average molecular weight is 215 g/mol. The molecule has 1 aliphatic heterocycles. The molecule has 1 saturated heterocycles. The van der Waals surface area contributed by atoms with Gasteiger partial charge in [-0.15, -0.1) is 0 Å². The molecule has 1 rings (SSSR count). The second-order valence-corrected chi connectivity index (χ2v) is 5.12. The maximum absolute atomic E-state index is 5.74. The van der Waals surface area contributed by atoms with Crippen molar-refractivity contribution < 1.29 is 9.47 Å². The van der Waals surface area contributed by atoms with Crippen molar-refractivity contribution in [3.8, 4) is 0 Å². The van der Waals surface area contributed by atoms with Crippen LogP contribution in [0.5, 0.6) is 0 Å². The molecule has 0 radical (unpaired) electrons. The quantitative estimate of drug-likeness (QED) is 0.762. The van der Waals surface area contributed by atoms with Gasteiger partial charge in [-0.25, -0.2) is 0 Å². The van der Waals surface area contributed by atoms with Gasteiger partial charge in [0.25, 0.3) is 0 Å². The second kappa shape index (κ2) is 5.28. The number of hydrogen-bond donors (Lipinski definition) is 1. The lowest BCUT2D eigenvalue weighted by molar-refractivity contribution is -0.138. The van der Waals surface area contributed by atoms with E-state index in [1.54, 1.807) is 0 Å². The molecule has 1 aliphatic rings. The Labute approximate surface area is 93.5 Å². The molecule has 0 aromatic heterocycles. The smallest absolute Gasteiger partial charge is 0.163 e. The van der Waals surface area contributed by atoms with E-state index in [9.17, 15) is 0 Å². The Hall–Kier alpha value is -0.120. The van der Waals surface area contributed by atoms with E-state index in [0.29, 0.717) is 18.6 Å². The van der Waals surface area contributed by atoms with Crippen LogP contribution in [0.1, 0.15) is 41.0 Å². The first-order valence-electron chi connectivity index (χ1n) is 5.99. The molecule has 2 atom stereocenters. The monoisotopic (exact) mass is 215 g/mol. The van der Waals surface area contributed by atoms with Crippen LogP contribution in [0.2, 0.25) is 0 Å². The third-order valence-electron chi connectivity index (χ3n) is 2.92. The fraction of sp³-hybridized carbons (Fsp3) is 1.00. The topological polar surface area (TPSA) is 30.5 Å². The Morgan fingerprint density at radius 1 is 1.40 bits per heavy atom. The van der Waals surface area contributed by atoms with Gasteiger partial charge in [-0.3, -0.25) is 0 Å². The zero-order chi connectivity index (χ0) is 11.5. The van der Waals surface area contributed by atoms with E-state index in [4.69, 9.17) is 9.47 Å². The van der Waals surface area contributed by atoms with Crippen molar-refractivity contribution in [1.29, 1.82) is 0 Å². The van der Waals surface area contributed by atoms with Crippen LogP contribution in [0.15, 0.2) is 0 Å². The van der Waals surface area contributed by atoms with Crippen molar-refractivity contribution in [2.45, 2.75) is 59.0 Å². The predicted octanol–water partition coefficient (Wildman–Crippen LogP) is 2.16. The third kappa shape index (κ3) is 4.09. The Morgan fingerprint density at radius 2 is 2.07 bits per heavy atom. The lowest BCUT2D eigenvalue weighted by atomic mass is 10.0. The zero-order valence-corrected chi connectivity index (χ0v) is 10.7. The molecule has 3 heteroatoms. The van der Waals surface area contributed by atoms with Crippen molar-refractivity contribution in [3.63, 3.8) is 0 Å². The van der Waals surface area contributed by atoms with Crippen LogP contribution in [0.3, 0.4) is 0 Å². The van der Waals surface area contributed by atoms with Crippen molar-refractivity contribution >= 4 is 0 Å². The minimum Gasteiger partial charge on any atom is -0.348 e. The molecular formula is C12H25NO2. The molecule has 90 valence electrons. The molecule has 0 amide bonds. The van der Waals surface area contributed by atoms with E-state index in [0.717, 1.165) is 13.0 Å². The van der Waals surface area contributed by atoms with E-state index in [1.165, 1.54) is 0 Å². The molecule has 0 bridgehead atoms. The first kappa shape index (κ1) is 12.9. The van der Waals surface area contributed by atoms with Gasteiger partial charge in [0.1, 0.15) is 0 Å². The van der Waals surface area contributed by atoms with Gasteiger partial charge in [0.05, 0.1) is 12.7 Å². The molecule has 0 spiro atoms. The Balaban J connectivity index is 2.26. The summed E-state index contributed by atoms with van der Waals surface area (Å²) >= 11 is 0. The molecule has 1 heterocycles. The van der Waals surface area contributed by atoms with E-state index in [2.05, 4.69) is 26.1 Å². The predicted molar refractivity (Wildman–Crippen MR) is 61.8 cm³/mol. The van der Waals surface area contributed by atoms with Gasteiger partial charge in [-0.05, 0) is 26.2 Å². The molecule has 1 N–H and O–H groups in total. The van der Waals surface area contributed by atoms with Gasteiger partial charge in [0.15, 0.2) is 5.79 Å². The van der Waals surface area contributed by atoms with Crippen LogP contribution in [-0.4, -0.2) is 31.1 Å².